The number of hydrogen-bond donors (Lipinski definition) is 1. The highest BCUT2D eigenvalue weighted by atomic mass is 19.1. The number of fused-ring (bicyclic) bond motifs is 1. The highest BCUT2D eigenvalue weighted by Crippen LogP contribution is 2.35. The third kappa shape index (κ3) is 4.54. The Morgan fingerprint density at radius 1 is 1.16 bits per heavy atom. The maximum Gasteiger partial charge on any atom is 0.415 e. The van der Waals surface area contributed by atoms with Crippen LogP contribution in [-0.4, -0.2) is 34.8 Å². The molecule has 1 aliphatic heterocycles. The number of anilines is 1. The van der Waals surface area contributed by atoms with Gasteiger partial charge in [0, 0.05) is 0 Å². The van der Waals surface area contributed by atoms with E-state index in [9.17, 15) is 19.1 Å². The number of halogens is 1. The Hall–Kier alpha value is -3.94. The number of carbonyl (C=O) groups excluding carboxylic acids is 1. The topological polar surface area (TPSA) is 89.0 Å². The number of aromatic carboxylic acids is 1. The zero-order valence-electron chi connectivity index (χ0n) is 17.3. The molecule has 7 nitrogen and oxygen atoms in total. The molecule has 0 aliphatic carbocycles. The van der Waals surface area contributed by atoms with Crippen LogP contribution in [0.2, 0.25) is 0 Å². The fraction of sp³-hybridized carbons (Fsp3) is 0.208. The molecular weight excluding hydrogens is 415 g/mol. The molecule has 4 rings (SSSR count). The number of aromatic nitrogens is 1. The first-order valence-corrected chi connectivity index (χ1v) is 10.1. The van der Waals surface area contributed by atoms with Crippen molar-refractivity contribution in [3.8, 4) is 5.88 Å². The molecule has 0 unspecified atom stereocenters. The van der Waals surface area contributed by atoms with Gasteiger partial charge < -0.3 is 14.6 Å². The first-order valence-electron chi connectivity index (χ1n) is 10.1. The van der Waals surface area contributed by atoms with Crippen molar-refractivity contribution in [2.75, 3.05) is 11.5 Å². The van der Waals surface area contributed by atoms with Crippen molar-refractivity contribution in [3.63, 3.8) is 0 Å². The molecule has 0 spiro atoms. The lowest BCUT2D eigenvalue weighted by atomic mass is 10.0. The Bertz CT molecular complexity index is 1140. The minimum atomic E-state index is -1.22. The van der Waals surface area contributed by atoms with Gasteiger partial charge in [0.05, 0.1) is 6.04 Å². The van der Waals surface area contributed by atoms with E-state index >= 15 is 0 Å². The first-order chi connectivity index (χ1) is 15.4. The van der Waals surface area contributed by atoms with Gasteiger partial charge in [-0.05, 0) is 48.2 Å². The van der Waals surface area contributed by atoms with E-state index in [0.717, 1.165) is 5.56 Å². The van der Waals surface area contributed by atoms with Gasteiger partial charge in [0.15, 0.2) is 5.69 Å². The number of pyridine rings is 1. The number of carboxylic acids is 1. The van der Waals surface area contributed by atoms with Crippen molar-refractivity contribution >= 4 is 17.7 Å². The fourth-order valence-corrected chi connectivity index (χ4v) is 3.53. The molecule has 3 aromatic rings. The van der Waals surface area contributed by atoms with Crippen LogP contribution in [0, 0.1) is 5.82 Å². The number of carboxylic acid groups (broad SMARTS) is 1. The van der Waals surface area contributed by atoms with Crippen molar-refractivity contribution in [1.82, 2.24) is 4.98 Å². The van der Waals surface area contributed by atoms with Gasteiger partial charge in [-0.15, -0.1) is 0 Å². The monoisotopic (exact) mass is 436 g/mol. The van der Waals surface area contributed by atoms with Gasteiger partial charge in [-0.1, -0.05) is 42.5 Å². The molecule has 1 aromatic heterocycles. The van der Waals surface area contributed by atoms with E-state index in [2.05, 4.69) is 4.98 Å². The SMILES string of the molecule is C[C@H]1COc2nc(C(=O)O)c(Cc3ccc(F)cc3)cc2N1C(=O)OCc1ccccc1. The van der Waals surface area contributed by atoms with Crippen molar-refractivity contribution in [3.05, 3.63) is 88.9 Å². The normalized spacial score (nSPS) is 14.9. The van der Waals surface area contributed by atoms with Crippen LogP contribution in [-0.2, 0) is 17.8 Å². The fourth-order valence-electron chi connectivity index (χ4n) is 3.53. The van der Waals surface area contributed by atoms with Crippen molar-refractivity contribution in [1.29, 1.82) is 0 Å². The van der Waals surface area contributed by atoms with E-state index in [4.69, 9.17) is 9.47 Å². The average Bonchev–Trinajstić information content (AvgIpc) is 2.79. The Morgan fingerprint density at radius 2 is 1.88 bits per heavy atom. The first kappa shape index (κ1) is 21.3. The van der Waals surface area contributed by atoms with E-state index < -0.39 is 12.1 Å². The molecule has 0 saturated carbocycles. The summed E-state index contributed by atoms with van der Waals surface area (Å²) in [6.07, 6.45) is -0.382. The number of amides is 1. The number of benzene rings is 2. The second-order valence-electron chi connectivity index (χ2n) is 7.50. The summed E-state index contributed by atoms with van der Waals surface area (Å²) in [5.41, 5.74) is 2.09. The lowest BCUT2D eigenvalue weighted by Crippen LogP contribution is -2.45. The van der Waals surface area contributed by atoms with Gasteiger partial charge in [0.1, 0.15) is 24.7 Å². The molecule has 2 aromatic carbocycles. The molecule has 1 amide bonds. The summed E-state index contributed by atoms with van der Waals surface area (Å²) in [6, 6.07) is 16.3. The summed E-state index contributed by atoms with van der Waals surface area (Å²) in [4.78, 5) is 30.3. The summed E-state index contributed by atoms with van der Waals surface area (Å²) in [5.74, 6) is -1.55. The van der Waals surface area contributed by atoms with Crippen LogP contribution in [0.25, 0.3) is 0 Å². The van der Waals surface area contributed by atoms with Crippen molar-refractivity contribution < 1.29 is 28.6 Å². The predicted octanol–water partition coefficient (Wildman–Crippen LogP) is 4.43. The van der Waals surface area contributed by atoms with Crippen LogP contribution in [0.15, 0.2) is 60.7 Å². The largest absolute Gasteiger partial charge is 0.476 e. The number of rotatable bonds is 5. The number of hydrogen-bond acceptors (Lipinski definition) is 5. The molecule has 1 atom stereocenters. The molecule has 1 N–H and O–H groups in total. The van der Waals surface area contributed by atoms with Crippen LogP contribution in [0.4, 0.5) is 14.9 Å². The summed E-state index contributed by atoms with van der Waals surface area (Å²) in [5, 5.41) is 9.64. The summed E-state index contributed by atoms with van der Waals surface area (Å²) >= 11 is 0. The van der Waals surface area contributed by atoms with Gasteiger partial charge >= 0.3 is 12.1 Å². The molecule has 0 radical (unpaired) electrons. The Labute approximate surface area is 184 Å². The molecule has 8 heteroatoms. The van der Waals surface area contributed by atoms with Crippen LogP contribution in [0.1, 0.15) is 34.1 Å². The lowest BCUT2D eigenvalue weighted by molar-refractivity contribution is 0.0687. The minimum absolute atomic E-state index is 0.0556. The van der Waals surface area contributed by atoms with E-state index in [-0.39, 0.29) is 43.1 Å². The minimum Gasteiger partial charge on any atom is -0.476 e. The molecule has 32 heavy (non-hydrogen) atoms. The van der Waals surface area contributed by atoms with Crippen molar-refractivity contribution in [2.45, 2.75) is 26.0 Å². The number of ether oxygens (including phenoxy) is 2. The van der Waals surface area contributed by atoms with E-state index in [1.807, 2.05) is 30.3 Å². The zero-order valence-corrected chi connectivity index (χ0v) is 17.3. The second-order valence-corrected chi connectivity index (χ2v) is 7.50. The maximum atomic E-state index is 13.3. The van der Waals surface area contributed by atoms with Gasteiger partial charge in [-0.3, -0.25) is 4.90 Å². The second kappa shape index (κ2) is 9.05. The number of nitrogens with zero attached hydrogens (tertiary/aromatic N) is 2. The highest BCUT2D eigenvalue weighted by Gasteiger charge is 2.33. The molecule has 1 aliphatic rings. The van der Waals surface area contributed by atoms with Crippen LogP contribution in [0.3, 0.4) is 0 Å². The quantitative estimate of drug-likeness (QED) is 0.636. The predicted molar refractivity (Wildman–Crippen MR) is 114 cm³/mol. The average molecular weight is 436 g/mol. The Kier molecular flexibility index (Phi) is 6.02. The smallest absolute Gasteiger partial charge is 0.415 e. The summed E-state index contributed by atoms with van der Waals surface area (Å²) < 4.78 is 24.4. The Balaban J connectivity index is 1.66. The molecule has 0 fully saturated rings. The van der Waals surface area contributed by atoms with Crippen LogP contribution in [0.5, 0.6) is 5.88 Å². The molecule has 2 heterocycles. The highest BCUT2D eigenvalue weighted by molar-refractivity contribution is 5.93. The van der Waals surface area contributed by atoms with E-state index in [1.54, 1.807) is 25.1 Å². The maximum absolute atomic E-state index is 13.3. The Morgan fingerprint density at radius 3 is 2.56 bits per heavy atom. The van der Waals surface area contributed by atoms with Crippen LogP contribution >= 0.6 is 0 Å². The summed E-state index contributed by atoms with van der Waals surface area (Å²) in [7, 11) is 0. The molecule has 0 saturated heterocycles. The third-order valence-electron chi connectivity index (χ3n) is 5.12. The lowest BCUT2D eigenvalue weighted by Gasteiger charge is -2.34. The van der Waals surface area contributed by atoms with Gasteiger partial charge in [0.2, 0.25) is 5.88 Å². The molecule has 0 bridgehead atoms. The third-order valence-corrected chi connectivity index (χ3v) is 5.12. The van der Waals surface area contributed by atoms with Gasteiger partial charge in [0.25, 0.3) is 0 Å². The number of carbonyl (C=O) groups is 2. The van der Waals surface area contributed by atoms with Gasteiger partial charge in [-0.2, -0.15) is 0 Å². The van der Waals surface area contributed by atoms with Crippen molar-refractivity contribution in [2.24, 2.45) is 0 Å². The summed E-state index contributed by atoms with van der Waals surface area (Å²) in [6.45, 7) is 2.05. The molecule has 164 valence electrons. The van der Waals surface area contributed by atoms with E-state index in [1.165, 1.54) is 17.0 Å². The van der Waals surface area contributed by atoms with Gasteiger partial charge in [-0.25, -0.2) is 19.0 Å². The standard InChI is InChI=1S/C24H21FN2O5/c1-15-13-31-22-20(27(15)24(30)32-14-17-5-3-2-4-6-17)12-18(21(26-22)23(28)29)11-16-7-9-19(25)10-8-16/h2-10,12,15H,11,13-14H2,1H3,(H,28,29)/t15-/m0/s1. The van der Waals surface area contributed by atoms with Crippen LogP contribution < -0.4 is 9.64 Å². The zero-order chi connectivity index (χ0) is 22.7. The van der Waals surface area contributed by atoms with E-state index in [0.29, 0.717) is 16.8 Å². The molecular formula is C24H21FN2O5.